The first kappa shape index (κ1) is 13.8. The lowest BCUT2D eigenvalue weighted by Gasteiger charge is -2.19. The van der Waals surface area contributed by atoms with Crippen LogP contribution in [0, 0.1) is 0 Å². The van der Waals surface area contributed by atoms with Gasteiger partial charge in [-0.05, 0) is 28.0 Å². The van der Waals surface area contributed by atoms with E-state index < -0.39 is 0 Å². The van der Waals surface area contributed by atoms with Gasteiger partial charge in [0.2, 0.25) is 0 Å². The molecular weight excluding hydrogens is 284 g/mol. The van der Waals surface area contributed by atoms with E-state index in [2.05, 4.69) is 30.8 Å². The van der Waals surface area contributed by atoms with E-state index in [1.807, 2.05) is 48.5 Å². The Morgan fingerprint density at radius 1 is 0.783 bits per heavy atom. The Morgan fingerprint density at radius 2 is 1.48 bits per heavy atom. The number of ether oxygens (including phenoxy) is 1. The van der Waals surface area contributed by atoms with Crippen molar-refractivity contribution in [1.29, 1.82) is 0 Å². The first-order valence-corrected chi connectivity index (χ1v) is 7.67. The fourth-order valence-electron chi connectivity index (χ4n) is 3.25. The zero-order valence-electron chi connectivity index (χ0n) is 12.6. The Labute approximate surface area is 135 Å². The number of rotatable bonds is 2. The maximum atomic E-state index is 12.1. The minimum Gasteiger partial charge on any atom is -0.453 e. The van der Waals surface area contributed by atoms with Crippen molar-refractivity contribution in [3.05, 3.63) is 96.1 Å². The van der Waals surface area contributed by atoms with Crippen LogP contribution in [-0.2, 0) is 9.53 Å². The minimum absolute atomic E-state index is 0.134. The molecule has 0 saturated carbocycles. The molecule has 2 atom stereocenters. The zero-order chi connectivity index (χ0) is 15.8. The molecule has 0 bridgehead atoms. The standard InChI is InChI=1S/C21H16O2/c1-14-19(16-8-3-2-4-9-16)20(23-21(14)22)18-12-11-15-7-5-6-10-17(15)13-18/h2-13,19-20H,1H2/t19-,20-/m1/s1. The molecule has 3 aromatic rings. The van der Waals surface area contributed by atoms with Crippen LogP contribution in [0.3, 0.4) is 0 Å². The molecule has 1 heterocycles. The number of hydrogen-bond donors (Lipinski definition) is 0. The van der Waals surface area contributed by atoms with Gasteiger partial charge in [0.25, 0.3) is 0 Å². The summed E-state index contributed by atoms with van der Waals surface area (Å²) in [5, 5.41) is 2.32. The van der Waals surface area contributed by atoms with Crippen LogP contribution in [0.5, 0.6) is 0 Å². The smallest absolute Gasteiger partial charge is 0.334 e. The van der Waals surface area contributed by atoms with Crippen molar-refractivity contribution in [3.8, 4) is 0 Å². The number of carbonyl (C=O) groups is 1. The lowest BCUT2D eigenvalue weighted by molar-refractivity contribution is -0.139. The molecule has 2 nitrogen and oxygen atoms in total. The predicted molar refractivity (Wildman–Crippen MR) is 91.1 cm³/mol. The Hall–Kier alpha value is -2.87. The maximum absolute atomic E-state index is 12.1. The quantitative estimate of drug-likeness (QED) is 0.503. The van der Waals surface area contributed by atoms with E-state index in [4.69, 9.17) is 4.74 Å². The highest BCUT2D eigenvalue weighted by molar-refractivity contribution is 5.93. The Balaban J connectivity index is 1.81. The van der Waals surface area contributed by atoms with Gasteiger partial charge in [-0.25, -0.2) is 4.79 Å². The van der Waals surface area contributed by atoms with Crippen molar-refractivity contribution in [2.24, 2.45) is 0 Å². The van der Waals surface area contributed by atoms with Gasteiger partial charge in [-0.1, -0.05) is 73.3 Å². The highest BCUT2D eigenvalue weighted by Gasteiger charge is 2.40. The summed E-state index contributed by atoms with van der Waals surface area (Å²) >= 11 is 0. The number of carbonyl (C=O) groups excluding carboxylic acids is 1. The van der Waals surface area contributed by atoms with Gasteiger partial charge in [-0.15, -0.1) is 0 Å². The highest BCUT2D eigenvalue weighted by Crippen LogP contribution is 2.45. The minimum atomic E-state index is -0.318. The average Bonchev–Trinajstić information content (AvgIpc) is 2.90. The van der Waals surface area contributed by atoms with Crippen LogP contribution in [0.15, 0.2) is 84.9 Å². The van der Waals surface area contributed by atoms with Crippen molar-refractivity contribution in [2.75, 3.05) is 0 Å². The second-order valence-corrected chi connectivity index (χ2v) is 5.85. The van der Waals surface area contributed by atoms with Gasteiger partial charge in [0, 0.05) is 5.57 Å². The Bertz CT molecular complexity index is 896. The van der Waals surface area contributed by atoms with Gasteiger partial charge in [0.15, 0.2) is 0 Å². The molecule has 112 valence electrons. The fourth-order valence-corrected chi connectivity index (χ4v) is 3.25. The van der Waals surface area contributed by atoms with Gasteiger partial charge in [0.05, 0.1) is 5.92 Å². The summed E-state index contributed by atoms with van der Waals surface area (Å²) in [5.41, 5.74) is 2.58. The van der Waals surface area contributed by atoms with Crippen LogP contribution in [0.25, 0.3) is 10.8 Å². The maximum Gasteiger partial charge on any atom is 0.334 e. The Kier molecular flexibility index (Phi) is 3.23. The summed E-state index contributed by atoms with van der Waals surface area (Å²) in [4.78, 5) is 12.1. The van der Waals surface area contributed by atoms with E-state index in [1.54, 1.807) is 0 Å². The summed E-state index contributed by atoms with van der Waals surface area (Å²) in [6, 6.07) is 24.3. The SMILES string of the molecule is C=C1C(=O)O[C@H](c2ccc3ccccc3c2)[C@H]1c1ccccc1. The molecular formula is C21H16O2. The molecule has 0 aliphatic carbocycles. The molecule has 0 amide bonds. The highest BCUT2D eigenvalue weighted by atomic mass is 16.6. The summed E-state index contributed by atoms with van der Waals surface area (Å²) in [5.74, 6) is -0.443. The molecule has 1 aliphatic rings. The molecule has 0 radical (unpaired) electrons. The van der Waals surface area contributed by atoms with E-state index in [0.29, 0.717) is 5.57 Å². The van der Waals surface area contributed by atoms with E-state index in [-0.39, 0.29) is 18.0 Å². The van der Waals surface area contributed by atoms with Crippen LogP contribution in [0.1, 0.15) is 23.1 Å². The first-order valence-electron chi connectivity index (χ1n) is 7.67. The van der Waals surface area contributed by atoms with E-state index in [1.165, 1.54) is 5.39 Å². The number of hydrogen-bond acceptors (Lipinski definition) is 2. The van der Waals surface area contributed by atoms with Gasteiger partial charge in [-0.2, -0.15) is 0 Å². The average molecular weight is 300 g/mol. The third-order valence-electron chi connectivity index (χ3n) is 4.44. The molecule has 2 heteroatoms. The monoisotopic (exact) mass is 300 g/mol. The van der Waals surface area contributed by atoms with Crippen LogP contribution >= 0.6 is 0 Å². The largest absolute Gasteiger partial charge is 0.453 e. The molecule has 3 aromatic carbocycles. The molecule has 0 spiro atoms. The molecule has 0 N–H and O–H groups in total. The zero-order valence-corrected chi connectivity index (χ0v) is 12.6. The Morgan fingerprint density at radius 3 is 2.26 bits per heavy atom. The number of fused-ring (bicyclic) bond motifs is 1. The number of benzene rings is 3. The third kappa shape index (κ3) is 2.33. The van der Waals surface area contributed by atoms with Crippen LogP contribution in [0.2, 0.25) is 0 Å². The van der Waals surface area contributed by atoms with Gasteiger partial charge < -0.3 is 4.74 Å². The molecule has 4 rings (SSSR count). The van der Waals surface area contributed by atoms with E-state index in [9.17, 15) is 4.79 Å². The van der Waals surface area contributed by atoms with Crippen LogP contribution in [-0.4, -0.2) is 5.97 Å². The van der Waals surface area contributed by atoms with E-state index >= 15 is 0 Å². The van der Waals surface area contributed by atoms with Crippen molar-refractivity contribution in [3.63, 3.8) is 0 Å². The van der Waals surface area contributed by atoms with Crippen LogP contribution in [0.4, 0.5) is 0 Å². The van der Waals surface area contributed by atoms with Gasteiger partial charge >= 0.3 is 5.97 Å². The lowest BCUT2D eigenvalue weighted by atomic mass is 9.85. The summed E-state index contributed by atoms with van der Waals surface area (Å²) in [6.45, 7) is 3.96. The normalized spacial score (nSPS) is 20.7. The summed E-state index contributed by atoms with van der Waals surface area (Å²) in [7, 11) is 0. The lowest BCUT2D eigenvalue weighted by Crippen LogP contribution is -2.07. The number of cyclic esters (lactones) is 1. The molecule has 23 heavy (non-hydrogen) atoms. The van der Waals surface area contributed by atoms with Crippen molar-refractivity contribution >= 4 is 16.7 Å². The number of esters is 1. The van der Waals surface area contributed by atoms with E-state index in [0.717, 1.165) is 16.5 Å². The van der Waals surface area contributed by atoms with Gasteiger partial charge in [0.1, 0.15) is 6.10 Å². The molecule has 0 aromatic heterocycles. The van der Waals surface area contributed by atoms with Crippen molar-refractivity contribution in [2.45, 2.75) is 12.0 Å². The van der Waals surface area contributed by atoms with Crippen molar-refractivity contribution in [1.82, 2.24) is 0 Å². The second kappa shape index (κ2) is 5.40. The second-order valence-electron chi connectivity index (χ2n) is 5.85. The third-order valence-corrected chi connectivity index (χ3v) is 4.44. The fraction of sp³-hybridized carbons (Fsp3) is 0.0952. The van der Waals surface area contributed by atoms with Gasteiger partial charge in [-0.3, -0.25) is 0 Å². The molecule has 1 fully saturated rings. The molecule has 1 aliphatic heterocycles. The molecule has 0 unspecified atom stereocenters. The van der Waals surface area contributed by atoms with Crippen molar-refractivity contribution < 1.29 is 9.53 Å². The summed E-state index contributed by atoms with van der Waals surface area (Å²) < 4.78 is 5.64. The topological polar surface area (TPSA) is 26.3 Å². The first-order chi connectivity index (χ1) is 11.2. The predicted octanol–water partition coefficient (Wildman–Crippen LogP) is 4.78. The summed E-state index contributed by atoms with van der Waals surface area (Å²) in [6.07, 6.45) is -0.318. The molecule has 1 saturated heterocycles. The van der Waals surface area contributed by atoms with Crippen LogP contribution < -0.4 is 0 Å².